The summed E-state index contributed by atoms with van der Waals surface area (Å²) in [6.45, 7) is 1.42. The number of benzene rings is 1. The summed E-state index contributed by atoms with van der Waals surface area (Å²) in [6, 6.07) is 8.59. The summed E-state index contributed by atoms with van der Waals surface area (Å²) in [5.41, 5.74) is 6.61. The van der Waals surface area contributed by atoms with Gasteiger partial charge in [0.15, 0.2) is 5.75 Å². The molecule has 0 aliphatic carbocycles. The molecule has 1 aromatic heterocycles. The van der Waals surface area contributed by atoms with Gasteiger partial charge in [-0.2, -0.15) is 5.10 Å². The predicted octanol–water partition coefficient (Wildman–Crippen LogP) is 1.86. The van der Waals surface area contributed by atoms with Crippen LogP contribution >= 0.6 is 12.2 Å². The van der Waals surface area contributed by atoms with E-state index >= 15 is 0 Å². The van der Waals surface area contributed by atoms with Gasteiger partial charge in [-0.15, -0.1) is 5.10 Å². The van der Waals surface area contributed by atoms with E-state index in [1.165, 1.54) is 13.1 Å². The van der Waals surface area contributed by atoms with Gasteiger partial charge < -0.3 is 15.8 Å². The lowest BCUT2D eigenvalue weighted by Crippen LogP contribution is -2.12. The standard InChI is InChI=1S/C13H12N4O2S/c1-8(18)16-10-4-2-3-5-11(10)19-13-9(12(14)20)6-7-15-17-13/h2-7H,1H3,(H2,14,20)(H,16,18). The molecule has 102 valence electrons. The van der Waals surface area contributed by atoms with Crippen LogP contribution in [0.4, 0.5) is 5.69 Å². The van der Waals surface area contributed by atoms with Crippen LogP contribution in [-0.2, 0) is 4.79 Å². The van der Waals surface area contributed by atoms with Gasteiger partial charge in [0.2, 0.25) is 11.8 Å². The van der Waals surface area contributed by atoms with E-state index in [0.29, 0.717) is 17.0 Å². The number of carbonyl (C=O) groups is 1. The highest BCUT2D eigenvalue weighted by molar-refractivity contribution is 7.80. The Morgan fingerprint density at radius 3 is 2.80 bits per heavy atom. The minimum Gasteiger partial charge on any atom is -0.435 e. The maximum atomic E-state index is 11.2. The van der Waals surface area contributed by atoms with Crippen molar-refractivity contribution in [3.8, 4) is 11.6 Å². The first-order valence-electron chi connectivity index (χ1n) is 5.74. The molecule has 0 saturated heterocycles. The zero-order chi connectivity index (χ0) is 14.5. The first-order chi connectivity index (χ1) is 9.58. The Hall–Kier alpha value is -2.54. The molecular weight excluding hydrogens is 276 g/mol. The number of para-hydroxylation sites is 2. The maximum absolute atomic E-state index is 11.2. The van der Waals surface area contributed by atoms with Crippen LogP contribution in [0.2, 0.25) is 0 Å². The van der Waals surface area contributed by atoms with Crippen LogP contribution < -0.4 is 15.8 Å². The molecule has 0 aliphatic heterocycles. The Morgan fingerprint density at radius 1 is 1.35 bits per heavy atom. The van der Waals surface area contributed by atoms with Crippen LogP contribution in [-0.4, -0.2) is 21.1 Å². The molecule has 1 amide bonds. The van der Waals surface area contributed by atoms with Gasteiger partial charge in [0, 0.05) is 6.92 Å². The number of nitrogens with zero attached hydrogens (tertiary/aromatic N) is 2. The van der Waals surface area contributed by atoms with Gasteiger partial charge in [-0.3, -0.25) is 4.79 Å². The summed E-state index contributed by atoms with van der Waals surface area (Å²) < 4.78 is 5.65. The lowest BCUT2D eigenvalue weighted by atomic mass is 10.2. The number of amides is 1. The van der Waals surface area contributed by atoms with Gasteiger partial charge in [0.25, 0.3) is 0 Å². The van der Waals surface area contributed by atoms with Gasteiger partial charge in [0.05, 0.1) is 17.4 Å². The van der Waals surface area contributed by atoms with E-state index in [2.05, 4.69) is 15.5 Å². The first-order valence-corrected chi connectivity index (χ1v) is 6.14. The molecule has 7 heteroatoms. The molecule has 0 fully saturated rings. The highest BCUT2D eigenvalue weighted by Crippen LogP contribution is 2.29. The third kappa shape index (κ3) is 3.27. The summed E-state index contributed by atoms with van der Waals surface area (Å²) in [6.07, 6.45) is 1.47. The van der Waals surface area contributed by atoms with Crippen molar-refractivity contribution < 1.29 is 9.53 Å². The number of carbonyl (C=O) groups excluding carboxylic acids is 1. The van der Waals surface area contributed by atoms with E-state index in [1.54, 1.807) is 30.3 Å². The zero-order valence-corrected chi connectivity index (χ0v) is 11.5. The number of rotatable bonds is 4. The summed E-state index contributed by atoms with van der Waals surface area (Å²) in [4.78, 5) is 11.3. The Labute approximate surface area is 121 Å². The predicted molar refractivity (Wildman–Crippen MR) is 78.7 cm³/mol. The largest absolute Gasteiger partial charge is 0.435 e. The second-order valence-electron chi connectivity index (χ2n) is 3.89. The monoisotopic (exact) mass is 288 g/mol. The number of thiocarbonyl (C=S) groups is 1. The van der Waals surface area contributed by atoms with Crippen molar-refractivity contribution in [2.24, 2.45) is 5.73 Å². The van der Waals surface area contributed by atoms with Crippen LogP contribution in [0.1, 0.15) is 12.5 Å². The SMILES string of the molecule is CC(=O)Nc1ccccc1Oc1nnccc1C(N)=S. The van der Waals surface area contributed by atoms with Crippen molar-refractivity contribution in [2.45, 2.75) is 6.92 Å². The molecular formula is C13H12N4O2S. The van der Waals surface area contributed by atoms with E-state index in [9.17, 15) is 4.79 Å². The molecule has 6 nitrogen and oxygen atoms in total. The van der Waals surface area contributed by atoms with Crippen molar-refractivity contribution in [3.63, 3.8) is 0 Å². The normalized spacial score (nSPS) is 9.85. The molecule has 1 aromatic carbocycles. The maximum Gasteiger partial charge on any atom is 0.249 e. The van der Waals surface area contributed by atoms with Crippen molar-refractivity contribution >= 4 is 28.8 Å². The second kappa shape index (κ2) is 6.07. The summed E-state index contributed by atoms with van der Waals surface area (Å²) in [5, 5.41) is 10.3. The van der Waals surface area contributed by atoms with E-state index in [4.69, 9.17) is 22.7 Å². The first kappa shape index (κ1) is 13.9. The average Bonchev–Trinajstić information content (AvgIpc) is 2.41. The number of hydrogen-bond donors (Lipinski definition) is 2. The number of aromatic nitrogens is 2. The molecule has 3 N–H and O–H groups in total. The van der Waals surface area contributed by atoms with Crippen molar-refractivity contribution in [1.82, 2.24) is 10.2 Å². The second-order valence-corrected chi connectivity index (χ2v) is 4.33. The fourth-order valence-electron chi connectivity index (χ4n) is 1.53. The van der Waals surface area contributed by atoms with Gasteiger partial charge >= 0.3 is 0 Å². The Morgan fingerprint density at radius 2 is 2.10 bits per heavy atom. The van der Waals surface area contributed by atoms with Crippen LogP contribution in [0.3, 0.4) is 0 Å². The van der Waals surface area contributed by atoms with Crippen molar-refractivity contribution in [2.75, 3.05) is 5.32 Å². The van der Waals surface area contributed by atoms with Crippen LogP contribution in [0.15, 0.2) is 36.5 Å². The smallest absolute Gasteiger partial charge is 0.249 e. The summed E-state index contributed by atoms with van der Waals surface area (Å²) in [5.74, 6) is 0.424. The lowest BCUT2D eigenvalue weighted by Gasteiger charge is -2.12. The number of anilines is 1. The molecule has 2 aromatic rings. The fourth-order valence-corrected chi connectivity index (χ4v) is 1.69. The Kier molecular flexibility index (Phi) is 4.21. The highest BCUT2D eigenvalue weighted by atomic mass is 32.1. The number of nitrogens with one attached hydrogen (secondary N) is 1. The molecule has 0 radical (unpaired) electrons. The van der Waals surface area contributed by atoms with E-state index < -0.39 is 0 Å². The minimum absolute atomic E-state index is 0.159. The zero-order valence-electron chi connectivity index (χ0n) is 10.7. The number of ether oxygens (including phenoxy) is 1. The molecule has 0 bridgehead atoms. The van der Waals surface area contributed by atoms with Gasteiger partial charge in [-0.05, 0) is 18.2 Å². The van der Waals surface area contributed by atoms with Crippen molar-refractivity contribution in [3.05, 3.63) is 42.1 Å². The van der Waals surface area contributed by atoms with Gasteiger partial charge in [0.1, 0.15) is 4.99 Å². The Bertz CT molecular complexity index is 660. The van der Waals surface area contributed by atoms with Crippen molar-refractivity contribution in [1.29, 1.82) is 0 Å². The summed E-state index contributed by atoms with van der Waals surface area (Å²) in [7, 11) is 0. The average molecular weight is 288 g/mol. The quantitative estimate of drug-likeness (QED) is 0.835. The highest BCUT2D eigenvalue weighted by Gasteiger charge is 2.12. The third-order valence-corrected chi connectivity index (χ3v) is 2.58. The minimum atomic E-state index is -0.199. The molecule has 20 heavy (non-hydrogen) atoms. The molecule has 0 spiro atoms. The van der Waals surface area contributed by atoms with Crippen LogP contribution in [0.5, 0.6) is 11.6 Å². The lowest BCUT2D eigenvalue weighted by molar-refractivity contribution is -0.114. The molecule has 2 rings (SSSR count). The fraction of sp³-hybridized carbons (Fsp3) is 0.0769. The van der Waals surface area contributed by atoms with E-state index in [-0.39, 0.29) is 16.8 Å². The van der Waals surface area contributed by atoms with Gasteiger partial charge in [-0.25, -0.2) is 0 Å². The third-order valence-electron chi connectivity index (χ3n) is 2.36. The van der Waals surface area contributed by atoms with Crippen LogP contribution in [0.25, 0.3) is 0 Å². The van der Waals surface area contributed by atoms with Crippen LogP contribution in [0, 0.1) is 0 Å². The molecule has 0 atom stereocenters. The Balaban J connectivity index is 2.35. The molecule has 0 unspecified atom stereocenters. The number of hydrogen-bond acceptors (Lipinski definition) is 5. The summed E-state index contributed by atoms with van der Waals surface area (Å²) >= 11 is 4.93. The van der Waals surface area contributed by atoms with Gasteiger partial charge in [-0.1, -0.05) is 24.4 Å². The topological polar surface area (TPSA) is 90.1 Å². The van der Waals surface area contributed by atoms with E-state index in [1.807, 2.05) is 0 Å². The molecule has 0 saturated carbocycles. The molecule has 1 heterocycles. The number of nitrogens with two attached hydrogens (primary N) is 1. The molecule has 0 aliphatic rings. The van der Waals surface area contributed by atoms with E-state index in [0.717, 1.165) is 0 Å².